The van der Waals surface area contributed by atoms with Crippen molar-refractivity contribution in [2.24, 2.45) is 0 Å². The van der Waals surface area contributed by atoms with Crippen LogP contribution in [0.25, 0.3) is 0 Å². The number of ether oxygens (including phenoxy) is 1. The SMILES string of the molecule is CSOCC1CCCO1. The molecule has 54 valence electrons. The van der Waals surface area contributed by atoms with Crippen molar-refractivity contribution >= 4 is 12.0 Å². The van der Waals surface area contributed by atoms with E-state index in [9.17, 15) is 0 Å². The molecule has 0 aromatic heterocycles. The fraction of sp³-hybridized carbons (Fsp3) is 1.00. The molecule has 0 N–H and O–H groups in total. The lowest BCUT2D eigenvalue weighted by atomic mass is 10.2. The highest BCUT2D eigenvalue weighted by molar-refractivity contribution is 7.93. The van der Waals surface area contributed by atoms with Crippen molar-refractivity contribution in [3.05, 3.63) is 0 Å². The molecule has 0 radical (unpaired) electrons. The first kappa shape index (κ1) is 7.38. The van der Waals surface area contributed by atoms with Crippen molar-refractivity contribution in [1.29, 1.82) is 0 Å². The zero-order valence-electron chi connectivity index (χ0n) is 5.63. The molecular formula is C6H12O2S. The van der Waals surface area contributed by atoms with Crippen molar-refractivity contribution in [2.45, 2.75) is 18.9 Å². The van der Waals surface area contributed by atoms with Gasteiger partial charge in [-0.3, -0.25) is 0 Å². The Kier molecular flexibility index (Phi) is 3.40. The van der Waals surface area contributed by atoms with Gasteiger partial charge in [-0.15, -0.1) is 0 Å². The molecule has 1 atom stereocenters. The monoisotopic (exact) mass is 148 g/mol. The molecule has 0 bridgehead atoms. The Hall–Kier alpha value is 0.270. The van der Waals surface area contributed by atoms with Gasteiger partial charge in [0, 0.05) is 12.9 Å². The normalized spacial score (nSPS) is 27.0. The quantitative estimate of drug-likeness (QED) is 0.564. The Morgan fingerprint density at radius 1 is 1.78 bits per heavy atom. The molecule has 1 aliphatic rings. The molecule has 9 heavy (non-hydrogen) atoms. The van der Waals surface area contributed by atoms with Crippen molar-refractivity contribution < 1.29 is 8.92 Å². The summed E-state index contributed by atoms with van der Waals surface area (Å²) in [4.78, 5) is 0. The zero-order chi connectivity index (χ0) is 6.53. The molecule has 0 aromatic carbocycles. The van der Waals surface area contributed by atoms with Crippen molar-refractivity contribution in [2.75, 3.05) is 19.5 Å². The first-order chi connectivity index (χ1) is 4.43. The van der Waals surface area contributed by atoms with Gasteiger partial charge in [0.15, 0.2) is 0 Å². The minimum atomic E-state index is 0.373. The topological polar surface area (TPSA) is 18.5 Å². The van der Waals surface area contributed by atoms with Gasteiger partial charge in [0.05, 0.1) is 12.7 Å². The minimum absolute atomic E-state index is 0.373. The zero-order valence-corrected chi connectivity index (χ0v) is 6.45. The minimum Gasteiger partial charge on any atom is -0.376 e. The highest BCUT2D eigenvalue weighted by Gasteiger charge is 2.14. The third kappa shape index (κ3) is 2.56. The summed E-state index contributed by atoms with van der Waals surface area (Å²) >= 11 is 1.41. The lowest BCUT2D eigenvalue weighted by Gasteiger charge is -2.06. The van der Waals surface area contributed by atoms with Crippen LogP contribution in [0.2, 0.25) is 0 Å². The molecule has 2 nitrogen and oxygen atoms in total. The van der Waals surface area contributed by atoms with Crippen LogP contribution >= 0.6 is 12.0 Å². The molecule has 1 aliphatic heterocycles. The van der Waals surface area contributed by atoms with Gasteiger partial charge in [-0.25, -0.2) is 0 Å². The molecule has 3 heteroatoms. The van der Waals surface area contributed by atoms with Crippen LogP contribution in [0.15, 0.2) is 0 Å². The summed E-state index contributed by atoms with van der Waals surface area (Å²) in [6.45, 7) is 1.67. The van der Waals surface area contributed by atoms with Gasteiger partial charge in [0.2, 0.25) is 0 Å². The predicted octanol–water partition coefficient (Wildman–Crippen LogP) is 1.46. The maximum Gasteiger partial charge on any atom is 0.0876 e. The van der Waals surface area contributed by atoms with Crippen LogP contribution in [0.5, 0.6) is 0 Å². The largest absolute Gasteiger partial charge is 0.376 e. The van der Waals surface area contributed by atoms with Gasteiger partial charge in [-0.1, -0.05) is 0 Å². The second-order valence-corrected chi connectivity index (χ2v) is 2.66. The Morgan fingerprint density at radius 2 is 2.67 bits per heavy atom. The maximum atomic E-state index is 5.32. The van der Waals surface area contributed by atoms with Crippen LogP contribution in [0.4, 0.5) is 0 Å². The van der Waals surface area contributed by atoms with Gasteiger partial charge in [-0.05, 0) is 24.9 Å². The van der Waals surface area contributed by atoms with Crippen LogP contribution in [-0.2, 0) is 8.92 Å². The van der Waals surface area contributed by atoms with Crippen molar-refractivity contribution in [3.8, 4) is 0 Å². The van der Waals surface area contributed by atoms with E-state index in [0.29, 0.717) is 6.10 Å². The second-order valence-electron chi connectivity index (χ2n) is 2.09. The van der Waals surface area contributed by atoms with E-state index in [0.717, 1.165) is 13.2 Å². The molecule has 0 aromatic rings. The first-order valence-electron chi connectivity index (χ1n) is 3.20. The van der Waals surface area contributed by atoms with Gasteiger partial charge in [0.25, 0.3) is 0 Å². The van der Waals surface area contributed by atoms with Crippen molar-refractivity contribution in [3.63, 3.8) is 0 Å². The van der Waals surface area contributed by atoms with E-state index in [-0.39, 0.29) is 0 Å². The Morgan fingerprint density at radius 3 is 3.22 bits per heavy atom. The second kappa shape index (κ2) is 4.14. The summed E-state index contributed by atoms with van der Waals surface area (Å²) in [6, 6.07) is 0. The molecule has 0 aliphatic carbocycles. The number of hydrogen-bond donors (Lipinski definition) is 0. The Labute approximate surface area is 60.1 Å². The van der Waals surface area contributed by atoms with E-state index >= 15 is 0 Å². The molecule has 0 spiro atoms. The van der Waals surface area contributed by atoms with E-state index in [2.05, 4.69) is 0 Å². The third-order valence-corrected chi connectivity index (χ3v) is 1.77. The van der Waals surface area contributed by atoms with Crippen LogP contribution < -0.4 is 0 Å². The predicted molar refractivity (Wildman–Crippen MR) is 38.4 cm³/mol. The van der Waals surface area contributed by atoms with E-state index in [4.69, 9.17) is 8.92 Å². The van der Waals surface area contributed by atoms with Crippen LogP contribution in [0, 0.1) is 0 Å². The fourth-order valence-electron chi connectivity index (χ4n) is 0.920. The summed E-state index contributed by atoms with van der Waals surface area (Å²) in [5.41, 5.74) is 0. The lowest BCUT2D eigenvalue weighted by molar-refractivity contribution is 0.0752. The molecule has 1 saturated heterocycles. The molecule has 0 amide bonds. The maximum absolute atomic E-state index is 5.32. The number of rotatable bonds is 3. The molecule has 1 rings (SSSR count). The highest BCUT2D eigenvalue weighted by atomic mass is 32.2. The van der Waals surface area contributed by atoms with E-state index in [1.165, 1.54) is 24.9 Å². The Bertz CT molecular complexity index is 71.5. The summed E-state index contributed by atoms with van der Waals surface area (Å²) in [5.74, 6) is 0. The number of hydrogen-bond acceptors (Lipinski definition) is 3. The summed E-state index contributed by atoms with van der Waals surface area (Å²) < 4.78 is 10.4. The third-order valence-electron chi connectivity index (χ3n) is 1.40. The van der Waals surface area contributed by atoms with Crippen LogP contribution in [0.1, 0.15) is 12.8 Å². The summed E-state index contributed by atoms with van der Waals surface area (Å²) in [5, 5.41) is 0. The van der Waals surface area contributed by atoms with Crippen LogP contribution in [-0.4, -0.2) is 25.6 Å². The van der Waals surface area contributed by atoms with E-state index in [1.807, 2.05) is 6.26 Å². The Balaban J connectivity index is 1.98. The van der Waals surface area contributed by atoms with Gasteiger partial charge in [0.1, 0.15) is 0 Å². The summed E-state index contributed by atoms with van der Waals surface area (Å²) in [6.07, 6.45) is 4.66. The molecular weight excluding hydrogens is 136 g/mol. The molecule has 1 unspecified atom stereocenters. The lowest BCUT2D eigenvalue weighted by Crippen LogP contribution is -2.10. The average molecular weight is 148 g/mol. The molecule has 1 heterocycles. The average Bonchev–Trinajstić information content (AvgIpc) is 2.34. The standard InChI is InChI=1S/C6H12O2S/c1-9-8-5-6-3-2-4-7-6/h6H,2-5H2,1H3. The summed E-state index contributed by atoms with van der Waals surface area (Å²) in [7, 11) is 0. The van der Waals surface area contributed by atoms with E-state index < -0.39 is 0 Å². The van der Waals surface area contributed by atoms with Crippen LogP contribution in [0.3, 0.4) is 0 Å². The first-order valence-corrected chi connectivity index (χ1v) is 4.35. The molecule has 0 saturated carbocycles. The van der Waals surface area contributed by atoms with Gasteiger partial charge < -0.3 is 8.92 Å². The van der Waals surface area contributed by atoms with E-state index in [1.54, 1.807) is 0 Å². The smallest absolute Gasteiger partial charge is 0.0876 e. The molecule has 1 fully saturated rings. The van der Waals surface area contributed by atoms with Crippen molar-refractivity contribution in [1.82, 2.24) is 0 Å². The van der Waals surface area contributed by atoms with Gasteiger partial charge in [-0.2, -0.15) is 0 Å². The highest BCUT2D eigenvalue weighted by Crippen LogP contribution is 2.13. The fourth-order valence-corrected chi connectivity index (χ4v) is 1.21. The van der Waals surface area contributed by atoms with Gasteiger partial charge >= 0.3 is 0 Å².